The van der Waals surface area contributed by atoms with Gasteiger partial charge in [0, 0.05) is 37.8 Å². The zero-order chi connectivity index (χ0) is 15.9. The van der Waals surface area contributed by atoms with E-state index in [9.17, 15) is 0 Å². The average Bonchev–Trinajstić information content (AvgIpc) is 3.01. The van der Waals surface area contributed by atoms with E-state index < -0.39 is 0 Å². The summed E-state index contributed by atoms with van der Waals surface area (Å²) in [4.78, 5) is 17.2. The van der Waals surface area contributed by atoms with E-state index in [0.29, 0.717) is 11.5 Å². The third kappa shape index (κ3) is 2.61. The number of hydrogen-bond donors (Lipinski definition) is 1. The molecular weight excluding hydrogens is 286 g/mol. The molecule has 0 amide bonds. The van der Waals surface area contributed by atoms with E-state index in [1.54, 1.807) is 6.33 Å². The van der Waals surface area contributed by atoms with Crippen molar-refractivity contribution in [1.29, 1.82) is 0 Å². The van der Waals surface area contributed by atoms with E-state index in [1.807, 2.05) is 6.20 Å². The van der Waals surface area contributed by atoms with Crippen molar-refractivity contribution in [3.8, 4) is 0 Å². The molecule has 1 atom stereocenters. The van der Waals surface area contributed by atoms with Crippen LogP contribution in [0.1, 0.15) is 39.0 Å². The lowest BCUT2D eigenvalue weighted by molar-refractivity contribution is 0.311. The molecule has 2 aromatic heterocycles. The van der Waals surface area contributed by atoms with Gasteiger partial charge in [0.15, 0.2) is 0 Å². The normalized spacial score (nSPS) is 23.0. The maximum Gasteiger partial charge on any atom is 0.142 e. The van der Waals surface area contributed by atoms with Crippen molar-refractivity contribution in [3.63, 3.8) is 0 Å². The number of likely N-dealkylation sites (N-methyl/N-ethyl adjacent to an activating group) is 1. The predicted molar refractivity (Wildman–Crippen MR) is 93.7 cm³/mol. The monoisotopic (exact) mass is 313 g/mol. The van der Waals surface area contributed by atoms with Crippen LogP contribution in [0.15, 0.2) is 18.6 Å². The number of fused-ring (bicyclic) bond motifs is 1. The maximum atomic E-state index is 4.59. The highest BCUT2D eigenvalue weighted by Gasteiger charge is 2.56. The van der Waals surface area contributed by atoms with Crippen LogP contribution in [0.3, 0.4) is 0 Å². The summed E-state index contributed by atoms with van der Waals surface area (Å²) < 4.78 is 0. The minimum absolute atomic E-state index is 0.508. The summed E-state index contributed by atoms with van der Waals surface area (Å²) >= 11 is 0. The lowest BCUT2D eigenvalue weighted by Crippen LogP contribution is -2.40. The summed E-state index contributed by atoms with van der Waals surface area (Å²) in [5.74, 6) is 1.07. The first kappa shape index (κ1) is 14.9. The molecule has 4 rings (SSSR count). The van der Waals surface area contributed by atoms with Crippen molar-refractivity contribution in [3.05, 3.63) is 18.6 Å². The molecule has 2 aromatic rings. The van der Waals surface area contributed by atoms with E-state index >= 15 is 0 Å². The van der Waals surface area contributed by atoms with Gasteiger partial charge in [0.1, 0.15) is 17.8 Å². The number of nitrogens with zero attached hydrogens (tertiary/aromatic N) is 4. The van der Waals surface area contributed by atoms with Crippen molar-refractivity contribution in [2.24, 2.45) is 5.41 Å². The van der Waals surface area contributed by atoms with Gasteiger partial charge < -0.3 is 14.8 Å². The first-order valence-electron chi connectivity index (χ1n) is 8.97. The molecule has 1 aliphatic carbocycles. The van der Waals surface area contributed by atoms with E-state index in [4.69, 9.17) is 0 Å². The SMILES string of the molecule is CCCCCN1C[C@H](N(C)c2ncnc3[nH]ccc23)C2(CC2)C1. The Bertz CT molecular complexity index is 675. The number of aromatic amines is 1. The molecule has 5 nitrogen and oxygen atoms in total. The predicted octanol–water partition coefficient (Wildman–Crippen LogP) is 3.05. The van der Waals surface area contributed by atoms with Crippen molar-refractivity contribution in [2.75, 3.05) is 31.6 Å². The number of likely N-dealkylation sites (tertiary alicyclic amines) is 1. The largest absolute Gasteiger partial charge is 0.354 e. The number of hydrogen-bond acceptors (Lipinski definition) is 4. The van der Waals surface area contributed by atoms with Gasteiger partial charge in [-0.1, -0.05) is 19.8 Å². The molecule has 23 heavy (non-hydrogen) atoms. The van der Waals surface area contributed by atoms with Gasteiger partial charge in [0.05, 0.1) is 5.39 Å². The summed E-state index contributed by atoms with van der Waals surface area (Å²) in [7, 11) is 2.22. The third-order valence-corrected chi connectivity index (χ3v) is 5.78. The van der Waals surface area contributed by atoms with Gasteiger partial charge in [-0.2, -0.15) is 0 Å². The second kappa shape index (κ2) is 5.78. The Morgan fingerprint density at radius 3 is 3.00 bits per heavy atom. The summed E-state index contributed by atoms with van der Waals surface area (Å²) in [5.41, 5.74) is 1.44. The number of nitrogens with one attached hydrogen (secondary N) is 1. The van der Waals surface area contributed by atoms with Crippen LogP contribution >= 0.6 is 0 Å². The molecule has 2 fully saturated rings. The Kier molecular flexibility index (Phi) is 3.76. The molecule has 0 radical (unpaired) electrons. The second-order valence-electron chi connectivity index (χ2n) is 7.37. The fraction of sp³-hybridized carbons (Fsp3) is 0.667. The third-order valence-electron chi connectivity index (χ3n) is 5.78. The van der Waals surface area contributed by atoms with Crippen molar-refractivity contribution >= 4 is 16.9 Å². The molecule has 1 spiro atoms. The first-order valence-corrected chi connectivity index (χ1v) is 8.97. The van der Waals surface area contributed by atoms with Gasteiger partial charge in [-0.05, 0) is 31.9 Å². The highest BCUT2D eigenvalue weighted by molar-refractivity contribution is 5.87. The topological polar surface area (TPSA) is 48.1 Å². The molecule has 3 heterocycles. The van der Waals surface area contributed by atoms with Crippen LogP contribution < -0.4 is 4.90 Å². The first-order chi connectivity index (χ1) is 11.2. The second-order valence-corrected chi connectivity index (χ2v) is 7.37. The zero-order valence-electron chi connectivity index (χ0n) is 14.3. The van der Waals surface area contributed by atoms with Crippen LogP contribution in [0.25, 0.3) is 11.0 Å². The number of H-pyrrole nitrogens is 1. The van der Waals surface area contributed by atoms with E-state index in [-0.39, 0.29) is 0 Å². The van der Waals surface area contributed by atoms with E-state index in [0.717, 1.165) is 16.9 Å². The Morgan fingerprint density at radius 1 is 1.35 bits per heavy atom. The molecule has 0 aromatic carbocycles. The van der Waals surface area contributed by atoms with Crippen LogP contribution in [-0.2, 0) is 0 Å². The molecule has 1 aliphatic heterocycles. The maximum absolute atomic E-state index is 4.59. The van der Waals surface area contributed by atoms with Crippen molar-refractivity contribution in [1.82, 2.24) is 19.9 Å². The Morgan fingerprint density at radius 2 is 2.22 bits per heavy atom. The van der Waals surface area contributed by atoms with E-state index in [1.165, 1.54) is 51.7 Å². The van der Waals surface area contributed by atoms with Gasteiger partial charge in [0.2, 0.25) is 0 Å². The minimum Gasteiger partial charge on any atom is -0.354 e. The average molecular weight is 313 g/mol. The molecule has 124 valence electrons. The smallest absolute Gasteiger partial charge is 0.142 e. The molecule has 1 N–H and O–H groups in total. The van der Waals surface area contributed by atoms with Crippen molar-refractivity contribution in [2.45, 2.75) is 45.1 Å². The fourth-order valence-electron chi connectivity index (χ4n) is 4.28. The fourth-order valence-corrected chi connectivity index (χ4v) is 4.28. The number of unbranched alkanes of at least 4 members (excludes halogenated alkanes) is 2. The highest BCUT2D eigenvalue weighted by atomic mass is 15.3. The highest BCUT2D eigenvalue weighted by Crippen LogP contribution is 2.55. The standard InChI is InChI=1S/C18H27N5/c1-3-4-5-10-23-11-15(18(12-23)7-8-18)22(2)17-14-6-9-19-16(14)20-13-21-17/h6,9,13,15H,3-5,7-8,10-12H2,1-2H3,(H,19,20,21)/t15-/m0/s1. The molecule has 2 aliphatic rings. The van der Waals surface area contributed by atoms with Crippen molar-refractivity contribution < 1.29 is 0 Å². The molecule has 0 unspecified atom stereocenters. The Balaban J connectivity index is 1.54. The quantitative estimate of drug-likeness (QED) is 0.833. The van der Waals surface area contributed by atoms with Gasteiger partial charge >= 0.3 is 0 Å². The van der Waals surface area contributed by atoms with Gasteiger partial charge in [-0.15, -0.1) is 0 Å². The summed E-state index contributed by atoms with van der Waals surface area (Å²) in [6.07, 6.45) is 10.3. The Labute approximate surface area is 138 Å². The number of anilines is 1. The number of aromatic nitrogens is 3. The van der Waals surface area contributed by atoms with Gasteiger partial charge in [-0.25, -0.2) is 9.97 Å². The zero-order valence-corrected chi connectivity index (χ0v) is 14.3. The molecule has 0 bridgehead atoms. The molecule has 1 saturated carbocycles. The van der Waals surface area contributed by atoms with Crippen LogP contribution in [0.4, 0.5) is 5.82 Å². The minimum atomic E-state index is 0.508. The molecule has 1 saturated heterocycles. The molecular formula is C18H27N5. The summed E-state index contributed by atoms with van der Waals surface area (Å²) in [6.45, 7) is 5.98. The van der Waals surface area contributed by atoms with Gasteiger partial charge in [0.25, 0.3) is 0 Å². The lowest BCUT2D eigenvalue weighted by atomic mass is 9.99. The van der Waals surface area contributed by atoms with Crippen LogP contribution in [-0.4, -0.2) is 52.6 Å². The summed E-state index contributed by atoms with van der Waals surface area (Å²) in [6, 6.07) is 2.67. The number of rotatable bonds is 6. The van der Waals surface area contributed by atoms with Crippen LogP contribution in [0.2, 0.25) is 0 Å². The molecule has 5 heteroatoms. The van der Waals surface area contributed by atoms with E-state index in [2.05, 4.69) is 44.8 Å². The van der Waals surface area contributed by atoms with Crippen LogP contribution in [0.5, 0.6) is 0 Å². The lowest BCUT2D eigenvalue weighted by Gasteiger charge is -2.30. The van der Waals surface area contributed by atoms with Crippen LogP contribution in [0, 0.1) is 5.41 Å². The van der Waals surface area contributed by atoms with Gasteiger partial charge in [-0.3, -0.25) is 0 Å². The summed E-state index contributed by atoms with van der Waals surface area (Å²) in [5, 5.41) is 1.13. The Hall–Kier alpha value is -1.62.